The molecule has 0 aliphatic carbocycles. The van der Waals surface area contributed by atoms with Gasteiger partial charge in [-0.3, -0.25) is 9.59 Å². The number of ether oxygens (including phenoxy) is 12. The van der Waals surface area contributed by atoms with E-state index in [-0.39, 0.29) is 36.9 Å². The molecule has 2 heterocycles. The van der Waals surface area contributed by atoms with Crippen LogP contribution in [0, 0.1) is 0 Å². The molecule has 2 unspecified atom stereocenters. The summed E-state index contributed by atoms with van der Waals surface area (Å²) in [4.78, 5) is 25.7. The van der Waals surface area contributed by atoms with E-state index in [4.69, 9.17) is 56.8 Å². The van der Waals surface area contributed by atoms with Gasteiger partial charge in [0, 0.05) is 62.5 Å². The second kappa shape index (κ2) is 26.6. The molecule has 0 saturated carbocycles. The number of methoxy groups -OCH3 is 10. The van der Waals surface area contributed by atoms with Crippen molar-refractivity contribution in [1.29, 1.82) is 0 Å². The first-order chi connectivity index (χ1) is 35.7. The Balaban J connectivity index is 0.967. The molecule has 0 amide bonds. The maximum absolute atomic E-state index is 12.9. The highest BCUT2D eigenvalue weighted by atomic mass is 16.6. The van der Waals surface area contributed by atoms with Gasteiger partial charge in [0.1, 0.15) is 12.1 Å². The first-order valence-corrected chi connectivity index (χ1v) is 25.5. The van der Waals surface area contributed by atoms with Crippen molar-refractivity contribution in [1.82, 2.24) is 0 Å². The van der Waals surface area contributed by atoms with Crippen molar-refractivity contribution < 1.29 is 75.4 Å². The van der Waals surface area contributed by atoms with E-state index in [1.807, 2.05) is 36.4 Å². The Morgan fingerprint density at radius 2 is 0.784 bits per heavy atom. The Hall–Kier alpha value is -6.52. The van der Waals surface area contributed by atoms with Crippen LogP contribution in [0.15, 0.2) is 60.7 Å². The minimum absolute atomic E-state index is 0.0551. The number of hydrogen-bond acceptors (Lipinski definition) is 14. The van der Waals surface area contributed by atoms with Gasteiger partial charge in [-0.25, -0.2) is 0 Å². The molecule has 4 aromatic rings. The maximum atomic E-state index is 12.9. The quantitative estimate of drug-likeness (QED) is 0.0231. The standard InChI is InChI=1S/C58H80N2O14/c1-59(25-21-41-35-47(63-3)49(65-5)37-43(41)45(59)29-39-31-51(67-7)57(71-11)52(32-39)68-8)23-17-27-73-55(61)19-15-13-14-16-20-56(62)74-28-18-24-60(2)26-22-42-36-48(64-4)50(66-6)38-44(42)46(60)30-40-33-53(69-9)58(72-12)54(34-40)70-10/h13-14,31-38,45-46H,15-30H2,1-12H3/q+2/t45?,46?,59-,60-/m1/s1. The van der Waals surface area contributed by atoms with E-state index < -0.39 is 0 Å². The van der Waals surface area contributed by atoms with Crippen molar-refractivity contribution in [3.63, 3.8) is 0 Å². The van der Waals surface area contributed by atoms with Gasteiger partial charge >= 0.3 is 11.9 Å². The number of allylic oxidation sites excluding steroid dienone is 2. The molecule has 74 heavy (non-hydrogen) atoms. The summed E-state index contributed by atoms with van der Waals surface area (Å²) in [5.74, 6) is 5.81. The molecule has 16 nitrogen and oxygen atoms in total. The molecular formula is C58H80N2O14+2. The van der Waals surface area contributed by atoms with E-state index >= 15 is 0 Å². The predicted molar refractivity (Wildman–Crippen MR) is 282 cm³/mol. The molecule has 0 aromatic heterocycles. The van der Waals surface area contributed by atoms with Crippen molar-refractivity contribution in [2.75, 3.05) is 125 Å². The van der Waals surface area contributed by atoms with E-state index in [0.717, 1.165) is 59.1 Å². The molecule has 0 bridgehead atoms. The fourth-order valence-corrected chi connectivity index (χ4v) is 10.8. The van der Waals surface area contributed by atoms with E-state index in [9.17, 15) is 9.59 Å². The Morgan fingerprint density at radius 1 is 0.459 bits per heavy atom. The third-order valence-electron chi connectivity index (χ3n) is 15.0. The number of hydrogen-bond donors (Lipinski definition) is 0. The number of benzene rings is 4. The zero-order chi connectivity index (χ0) is 53.4. The minimum Gasteiger partial charge on any atom is -0.493 e. The molecule has 0 spiro atoms. The van der Waals surface area contributed by atoms with Gasteiger partial charge in [0.25, 0.3) is 0 Å². The molecule has 6 rings (SSSR count). The van der Waals surface area contributed by atoms with Gasteiger partial charge in [0.15, 0.2) is 46.0 Å². The minimum atomic E-state index is -0.246. The van der Waals surface area contributed by atoms with Crippen LogP contribution >= 0.6 is 0 Å². The number of esters is 2. The summed E-state index contributed by atoms with van der Waals surface area (Å²) in [6.07, 6.45) is 9.94. The Kier molecular flexibility index (Phi) is 20.4. The summed E-state index contributed by atoms with van der Waals surface area (Å²) in [5.41, 5.74) is 6.93. The highest BCUT2D eigenvalue weighted by Gasteiger charge is 2.42. The van der Waals surface area contributed by atoms with Gasteiger partial charge in [-0.15, -0.1) is 0 Å². The largest absolute Gasteiger partial charge is 0.493 e. The van der Waals surface area contributed by atoms with Crippen LogP contribution < -0.4 is 47.4 Å². The van der Waals surface area contributed by atoms with Crippen molar-refractivity contribution in [3.05, 3.63) is 94.1 Å². The Morgan fingerprint density at radius 3 is 1.09 bits per heavy atom. The third-order valence-corrected chi connectivity index (χ3v) is 15.0. The smallest absolute Gasteiger partial charge is 0.306 e. The fourth-order valence-electron chi connectivity index (χ4n) is 10.8. The molecule has 0 saturated heterocycles. The van der Waals surface area contributed by atoms with Crippen LogP contribution in [-0.2, 0) is 44.7 Å². The summed E-state index contributed by atoms with van der Waals surface area (Å²) in [6.45, 7) is 4.02. The SMILES string of the molecule is COc1cc2c(cc1OC)C(Cc1cc(OC)c(OC)c(OC)c1)[N@+](C)(CCCOC(=O)CCC=CCCC(=O)OCCC[N@+]1(C)CCc3cc(OC)c(OC)cc3C1Cc1cc(OC)c(OC)c(OC)c1)CC2. The van der Waals surface area contributed by atoms with Gasteiger partial charge in [-0.2, -0.15) is 0 Å². The second-order valence-corrected chi connectivity index (χ2v) is 19.4. The number of quaternary nitrogens is 2. The fraction of sp³-hybridized carbons (Fsp3) is 0.517. The van der Waals surface area contributed by atoms with Crippen molar-refractivity contribution >= 4 is 11.9 Å². The number of rotatable bonds is 28. The molecule has 4 aromatic carbocycles. The van der Waals surface area contributed by atoms with Crippen LogP contribution in [0.1, 0.15) is 84.0 Å². The number of nitrogens with zero attached hydrogens (tertiary/aromatic N) is 2. The normalized spacial score (nSPS) is 18.9. The summed E-state index contributed by atoms with van der Waals surface area (Å²) in [5, 5.41) is 0. The van der Waals surface area contributed by atoms with E-state index in [1.54, 1.807) is 71.1 Å². The Bertz CT molecular complexity index is 2340. The average molecular weight is 1030 g/mol. The molecule has 404 valence electrons. The van der Waals surface area contributed by atoms with Gasteiger partial charge in [0.2, 0.25) is 11.5 Å². The predicted octanol–water partition coefficient (Wildman–Crippen LogP) is 9.03. The lowest BCUT2D eigenvalue weighted by Gasteiger charge is -2.46. The van der Waals surface area contributed by atoms with Crippen LogP contribution in [0.2, 0.25) is 0 Å². The molecule has 2 aliphatic heterocycles. The van der Waals surface area contributed by atoms with Crippen LogP contribution in [0.3, 0.4) is 0 Å². The van der Waals surface area contributed by atoms with Gasteiger partial charge in [-0.1, -0.05) is 12.2 Å². The Labute approximate surface area is 438 Å². The molecule has 4 atom stereocenters. The van der Waals surface area contributed by atoms with Crippen molar-refractivity contribution in [2.45, 2.75) is 76.3 Å². The zero-order valence-electron chi connectivity index (χ0n) is 45.9. The highest BCUT2D eigenvalue weighted by molar-refractivity contribution is 5.70. The van der Waals surface area contributed by atoms with Gasteiger partial charge in [0.05, 0.1) is 125 Å². The first-order valence-electron chi connectivity index (χ1n) is 25.5. The summed E-state index contributed by atoms with van der Waals surface area (Å²) in [6, 6.07) is 16.5. The topological polar surface area (TPSA) is 145 Å². The number of likely N-dealkylation sites (N-methyl/N-ethyl adjacent to an activating group) is 2. The first kappa shape index (κ1) is 56.8. The number of carbonyl (C=O) groups is 2. The molecule has 2 aliphatic rings. The van der Waals surface area contributed by atoms with E-state index in [0.29, 0.717) is 109 Å². The highest BCUT2D eigenvalue weighted by Crippen LogP contribution is 2.47. The second-order valence-electron chi connectivity index (χ2n) is 19.4. The van der Waals surface area contributed by atoms with Crippen molar-refractivity contribution in [2.24, 2.45) is 0 Å². The van der Waals surface area contributed by atoms with Crippen molar-refractivity contribution in [3.8, 4) is 57.5 Å². The molecule has 0 radical (unpaired) electrons. The maximum Gasteiger partial charge on any atom is 0.306 e. The van der Waals surface area contributed by atoms with Gasteiger partial charge < -0.3 is 65.8 Å². The van der Waals surface area contributed by atoms with Crippen LogP contribution in [0.5, 0.6) is 57.5 Å². The monoisotopic (exact) mass is 1030 g/mol. The lowest BCUT2D eigenvalue weighted by molar-refractivity contribution is -0.941. The van der Waals surface area contributed by atoms with Crippen LogP contribution in [0.4, 0.5) is 0 Å². The molecule has 16 heteroatoms. The summed E-state index contributed by atoms with van der Waals surface area (Å²) < 4.78 is 69.8. The third kappa shape index (κ3) is 13.4. The average Bonchev–Trinajstić information content (AvgIpc) is 3.42. The molecule has 0 fully saturated rings. The molecule has 0 N–H and O–H groups in total. The lowest BCUT2D eigenvalue weighted by Crippen LogP contribution is -2.52. The number of fused-ring (bicyclic) bond motifs is 2. The summed E-state index contributed by atoms with van der Waals surface area (Å²) in [7, 11) is 20.9. The van der Waals surface area contributed by atoms with Gasteiger partial charge in [-0.05, 0) is 83.6 Å². The molecular weight excluding hydrogens is 949 g/mol. The zero-order valence-corrected chi connectivity index (χ0v) is 45.9. The number of carbonyl (C=O) groups excluding carboxylic acids is 2. The summed E-state index contributed by atoms with van der Waals surface area (Å²) >= 11 is 0. The van der Waals surface area contributed by atoms with Crippen LogP contribution in [-0.4, -0.2) is 145 Å². The van der Waals surface area contributed by atoms with E-state index in [1.165, 1.54) is 22.3 Å². The lowest BCUT2D eigenvalue weighted by atomic mass is 9.86. The van der Waals surface area contributed by atoms with E-state index in [2.05, 4.69) is 38.4 Å². The van der Waals surface area contributed by atoms with Crippen LogP contribution in [0.25, 0.3) is 0 Å².